The minimum atomic E-state index is -0.233. The van der Waals surface area contributed by atoms with Crippen molar-refractivity contribution in [2.45, 2.75) is 32.2 Å². The van der Waals surface area contributed by atoms with Gasteiger partial charge < -0.3 is 13.7 Å². The van der Waals surface area contributed by atoms with Crippen molar-refractivity contribution < 1.29 is 8.83 Å². The van der Waals surface area contributed by atoms with Crippen LogP contribution in [0.1, 0.15) is 31.9 Å². The molecular weight excluding hydrogens is 1130 g/mol. The van der Waals surface area contributed by atoms with Gasteiger partial charge in [0.15, 0.2) is 5.58 Å². The van der Waals surface area contributed by atoms with E-state index in [9.17, 15) is 0 Å². The predicted molar refractivity (Wildman–Crippen MR) is 390 cm³/mol. The first-order valence-electron chi connectivity index (χ1n) is 32.1. The Labute approximate surface area is 538 Å². The van der Waals surface area contributed by atoms with E-state index >= 15 is 0 Å². The van der Waals surface area contributed by atoms with E-state index in [2.05, 4.69) is 334 Å². The van der Waals surface area contributed by atoms with E-state index in [4.69, 9.17) is 13.8 Å². The van der Waals surface area contributed by atoms with Gasteiger partial charge in [-0.25, -0.2) is 4.98 Å². The first-order valence-corrected chi connectivity index (χ1v) is 32.1. The van der Waals surface area contributed by atoms with Gasteiger partial charge in [0.25, 0.3) is 0 Å². The summed E-state index contributed by atoms with van der Waals surface area (Å²) in [5.41, 5.74) is 19.3. The third-order valence-electron chi connectivity index (χ3n) is 19.2. The van der Waals surface area contributed by atoms with Crippen LogP contribution in [0.3, 0.4) is 0 Å². The van der Waals surface area contributed by atoms with Crippen molar-refractivity contribution in [2.24, 2.45) is 0 Å². The average molecular weight is 1190 g/mol. The molecule has 1 aliphatic heterocycles. The fourth-order valence-corrected chi connectivity index (χ4v) is 14.9. The second kappa shape index (κ2) is 21.4. The second-order valence-corrected chi connectivity index (χ2v) is 25.7. The van der Waals surface area contributed by atoms with Crippen LogP contribution in [0.4, 0.5) is 22.9 Å². The quantitative estimate of drug-likeness (QED) is 0.135. The number of nitrogens with zero attached hydrogens (tertiary/aromatic N) is 3. The van der Waals surface area contributed by atoms with Gasteiger partial charge in [0, 0.05) is 66.9 Å². The van der Waals surface area contributed by atoms with Crippen molar-refractivity contribution in [3.63, 3.8) is 0 Å². The third-order valence-corrected chi connectivity index (χ3v) is 19.2. The molecule has 13 aromatic carbocycles. The number of rotatable bonds is 9. The van der Waals surface area contributed by atoms with E-state index in [1.807, 2.05) is 6.20 Å². The van der Waals surface area contributed by atoms with Gasteiger partial charge in [0.1, 0.15) is 22.6 Å². The van der Waals surface area contributed by atoms with Crippen LogP contribution < -0.4 is 20.2 Å². The maximum absolute atomic E-state index is 7.97. The molecule has 18 rings (SSSR count). The highest BCUT2D eigenvalue weighted by Gasteiger charge is 2.34. The molecular formula is C88H61N3O2. The summed E-state index contributed by atoms with van der Waals surface area (Å²) in [4.78, 5) is 10.3. The molecule has 4 heterocycles. The number of aromatic nitrogens is 1. The van der Waals surface area contributed by atoms with Crippen LogP contribution in [0, 0.1) is 0 Å². The van der Waals surface area contributed by atoms with Crippen LogP contribution in [-0.4, -0.2) is 11.0 Å². The Morgan fingerprint density at radius 2 is 1.05 bits per heavy atom. The van der Waals surface area contributed by atoms with Gasteiger partial charge in [0.05, 0.1) is 17.4 Å². The summed E-state index contributed by atoms with van der Waals surface area (Å²) in [6.07, 6.45) is 11.2. The first kappa shape index (κ1) is 54.2. The van der Waals surface area contributed by atoms with E-state index in [1.165, 1.54) is 16.4 Å². The molecule has 0 amide bonds. The highest BCUT2D eigenvalue weighted by Crippen LogP contribution is 2.55. The smallest absolute Gasteiger partial charge is 0.159 e. The second-order valence-electron chi connectivity index (χ2n) is 25.7. The topological polar surface area (TPSA) is 45.7 Å². The lowest BCUT2D eigenvalue weighted by atomic mass is 9.84. The Balaban J connectivity index is 1.06. The summed E-state index contributed by atoms with van der Waals surface area (Å²) in [5.74, 6) is 0.773. The Bertz CT molecular complexity index is 5910. The Morgan fingerprint density at radius 3 is 1.83 bits per heavy atom. The van der Waals surface area contributed by atoms with Crippen LogP contribution in [-0.2, 0) is 5.41 Å². The van der Waals surface area contributed by atoms with Crippen molar-refractivity contribution in [2.75, 3.05) is 9.80 Å². The van der Waals surface area contributed by atoms with Gasteiger partial charge in [-0.1, -0.05) is 270 Å². The summed E-state index contributed by atoms with van der Waals surface area (Å²) in [5, 5.41) is 12.8. The highest BCUT2D eigenvalue weighted by molar-refractivity contribution is 6.38. The van der Waals surface area contributed by atoms with Gasteiger partial charge in [-0.2, -0.15) is 0 Å². The van der Waals surface area contributed by atoms with Gasteiger partial charge in [-0.3, -0.25) is 4.90 Å². The van der Waals surface area contributed by atoms with Crippen LogP contribution in [0.15, 0.2) is 312 Å². The zero-order valence-electron chi connectivity index (χ0n) is 51.7. The van der Waals surface area contributed by atoms with E-state index in [0.717, 1.165) is 160 Å². The molecule has 0 radical (unpaired) electrons. The number of para-hydroxylation sites is 2. The van der Waals surface area contributed by atoms with Crippen LogP contribution >= 0.6 is 0 Å². The molecule has 0 saturated carbocycles. The number of fused-ring (bicyclic) bond motifs is 14. The Hall–Kier alpha value is -11.8. The third kappa shape index (κ3) is 8.87. The fourth-order valence-electron chi connectivity index (χ4n) is 14.9. The lowest BCUT2D eigenvalue weighted by molar-refractivity contribution is 0.573. The summed E-state index contributed by atoms with van der Waals surface area (Å²) in [6, 6.07) is 101. The molecule has 0 spiro atoms. The van der Waals surface area contributed by atoms with Crippen molar-refractivity contribution in [3.05, 3.63) is 325 Å². The molecule has 3 aromatic heterocycles. The lowest BCUT2D eigenvalue weighted by Crippen LogP contribution is -2.45. The molecule has 16 aromatic rings. The van der Waals surface area contributed by atoms with E-state index < -0.39 is 0 Å². The molecule has 0 bridgehead atoms. The molecule has 93 heavy (non-hydrogen) atoms. The molecule has 0 fully saturated rings. The molecule has 0 N–H and O–H groups in total. The van der Waals surface area contributed by atoms with Crippen LogP contribution in [0.25, 0.3) is 138 Å². The van der Waals surface area contributed by atoms with Crippen molar-refractivity contribution in [1.29, 1.82) is 0 Å². The van der Waals surface area contributed by atoms with Gasteiger partial charge in [-0.05, 0) is 136 Å². The monoisotopic (exact) mass is 1190 g/mol. The van der Waals surface area contributed by atoms with E-state index in [0.29, 0.717) is 0 Å². The Morgan fingerprint density at radius 1 is 0.419 bits per heavy atom. The molecule has 5 nitrogen and oxygen atoms in total. The number of hydrogen-bond acceptors (Lipinski definition) is 5. The molecule has 440 valence electrons. The lowest BCUT2D eigenvalue weighted by Gasteiger charge is -2.36. The van der Waals surface area contributed by atoms with Gasteiger partial charge >= 0.3 is 0 Å². The predicted octanol–water partition coefficient (Wildman–Crippen LogP) is 22.2. The van der Waals surface area contributed by atoms with Crippen molar-refractivity contribution >= 4 is 116 Å². The number of anilines is 4. The fraction of sp³-hybridized carbons (Fsp3) is 0.0568. The highest BCUT2D eigenvalue weighted by atomic mass is 16.3. The molecule has 1 atom stereocenters. The number of pyridine rings is 1. The van der Waals surface area contributed by atoms with Crippen molar-refractivity contribution in [3.8, 4) is 44.5 Å². The van der Waals surface area contributed by atoms with Crippen LogP contribution in [0.5, 0.6) is 0 Å². The summed E-state index contributed by atoms with van der Waals surface area (Å²) in [7, 11) is 0. The minimum absolute atomic E-state index is 0.220. The van der Waals surface area contributed by atoms with E-state index in [-0.39, 0.29) is 11.5 Å². The zero-order valence-corrected chi connectivity index (χ0v) is 51.7. The molecule has 1 aliphatic carbocycles. The average Bonchev–Trinajstić information content (AvgIpc) is 1.63. The standard InChI is InChI=1S/C88H61N3O2/c1-88(2,3)75-42-22-40-69-73-51-71(59-31-14-7-15-32-59)72-52-77(91(65-45-44-57-28-16-17-33-61(57)49-65)79-50-62(46-47-89-79)56-26-10-5-11-27-56)74-53-78(90-54-64-34-18-19-37-67(64)80-66(38-23-43-76(80)90)58-29-12-6-13-30-58)87-82(81(74)83(72)86(73)93-85(69)75)70-41-21-39-68(84(70)92-87)63-36-20-35-60(48-63)55-24-8-4-9-25-55/h4-54,76H,1-3H3. The Kier molecular flexibility index (Phi) is 12.5. The number of allylic oxidation sites excluding steroid dienone is 2. The maximum Gasteiger partial charge on any atom is 0.159 e. The number of benzene rings is 13. The first-order chi connectivity index (χ1) is 45.8. The zero-order chi connectivity index (χ0) is 61.9. The summed E-state index contributed by atoms with van der Waals surface area (Å²) < 4.78 is 15.7. The SMILES string of the molecule is CC(C)(C)c1cccc2c1oc1c2cc(-c2ccccc2)c2cc(N(c3ccc4ccccc4c3)c3cc(-c4ccccc4)ccn3)c3cc(N4C=c5ccccc5=C5C(c6ccccc6)=CC=CC54)c4oc5c(-c6cccc(-c7ccccc7)c6)cccc5c4c3c21. The van der Waals surface area contributed by atoms with Gasteiger partial charge in [-0.15, -0.1) is 0 Å². The van der Waals surface area contributed by atoms with Crippen LogP contribution in [0.2, 0.25) is 0 Å². The number of furan rings is 2. The largest absolute Gasteiger partial charge is 0.455 e. The summed E-state index contributed by atoms with van der Waals surface area (Å²) >= 11 is 0. The molecule has 2 aliphatic rings. The number of hydrogen-bond donors (Lipinski definition) is 0. The molecule has 5 heteroatoms. The maximum atomic E-state index is 7.97. The normalized spacial score (nSPS) is 13.9. The van der Waals surface area contributed by atoms with E-state index in [1.54, 1.807) is 0 Å². The van der Waals surface area contributed by atoms with Crippen molar-refractivity contribution in [1.82, 2.24) is 4.98 Å². The summed E-state index contributed by atoms with van der Waals surface area (Å²) in [6.45, 7) is 6.84. The molecule has 1 unspecified atom stereocenters. The van der Waals surface area contributed by atoms with Gasteiger partial charge in [0.2, 0.25) is 0 Å². The minimum Gasteiger partial charge on any atom is -0.455 e. The molecule has 0 saturated heterocycles.